The number of ether oxygens (including phenoxy) is 1. The fourth-order valence-electron chi connectivity index (χ4n) is 2.60. The van der Waals surface area contributed by atoms with Crippen molar-refractivity contribution in [3.8, 4) is 5.75 Å². The van der Waals surface area contributed by atoms with Crippen LogP contribution in [0, 0.1) is 6.92 Å². The smallest absolute Gasteiger partial charge is 0.272 e. The molecule has 0 aliphatic heterocycles. The molecule has 0 aliphatic carbocycles. The minimum Gasteiger partial charge on any atom is -0.494 e. The Hall–Kier alpha value is -3.80. The van der Waals surface area contributed by atoms with E-state index in [9.17, 15) is 9.59 Å². The molecule has 0 saturated carbocycles. The quantitative estimate of drug-likeness (QED) is 0.586. The lowest BCUT2D eigenvalue weighted by Crippen LogP contribution is -2.30. The van der Waals surface area contributed by atoms with Gasteiger partial charge in [-0.3, -0.25) is 9.59 Å². The Morgan fingerprint density at radius 1 is 1.07 bits per heavy atom. The average molecular weight is 390 g/mol. The van der Waals surface area contributed by atoms with E-state index in [2.05, 4.69) is 10.6 Å². The van der Waals surface area contributed by atoms with E-state index in [1.54, 1.807) is 48.5 Å². The lowest BCUT2D eigenvalue weighted by molar-refractivity contribution is -0.113. The molecule has 148 valence electrons. The Kier molecular flexibility index (Phi) is 6.47. The van der Waals surface area contributed by atoms with Crippen LogP contribution in [-0.2, 0) is 4.79 Å². The molecule has 0 atom stereocenters. The first-order chi connectivity index (χ1) is 14.0. The third kappa shape index (κ3) is 5.59. The normalized spacial score (nSPS) is 11.0. The molecule has 2 aromatic carbocycles. The molecule has 29 heavy (non-hydrogen) atoms. The Balaban J connectivity index is 1.81. The minimum absolute atomic E-state index is 0.0623. The third-order valence-corrected chi connectivity index (χ3v) is 4.04. The molecule has 0 spiro atoms. The van der Waals surface area contributed by atoms with E-state index < -0.39 is 5.91 Å². The van der Waals surface area contributed by atoms with Crippen molar-refractivity contribution in [3.05, 3.63) is 89.5 Å². The van der Waals surface area contributed by atoms with Gasteiger partial charge in [-0.15, -0.1) is 0 Å². The van der Waals surface area contributed by atoms with E-state index in [0.29, 0.717) is 29.4 Å². The van der Waals surface area contributed by atoms with Crippen LogP contribution in [-0.4, -0.2) is 18.4 Å². The van der Waals surface area contributed by atoms with Gasteiger partial charge >= 0.3 is 0 Å². The SMILES string of the molecule is CCOc1cccc(NC(=O)/C(=C/c2ccco2)NC(=O)c2ccc(C)cc2)c1. The largest absolute Gasteiger partial charge is 0.494 e. The molecule has 0 unspecified atom stereocenters. The highest BCUT2D eigenvalue weighted by Gasteiger charge is 2.16. The monoisotopic (exact) mass is 390 g/mol. The number of benzene rings is 2. The van der Waals surface area contributed by atoms with E-state index in [4.69, 9.17) is 9.15 Å². The number of nitrogens with one attached hydrogen (secondary N) is 2. The molecule has 1 aromatic heterocycles. The van der Waals surface area contributed by atoms with Crippen molar-refractivity contribution in [2.45, 2.75) is 13.8 Å². The minimum atomic E-state index is -0.476. The molecule has 0 aliphatic rings. The van der Waals surface area contributed by atoms with E-state index in [0.717, 1.165) is 5.56 Å². The van der Waals surface area contributed by atoms with Gasteiger partial charge in [-0.1, -0.05) is 23.8 Å². The van der Waals surface area contributed by atoms with Gasteiger partial charge < -0.3 is 19.8 Å². The maximum atomic E-state index is 12.9. The summed E-state index contributed by atoms with van der Waals surface area (Å²) in [5, 5.41) is 5.45. The molecule has 3 aromatic rings. The number of furan rings is 1. The molecule has 0 saturated heterocycles. The molecule has 2 amide bonds. The van der Waals surface area contributed by atoms with Crippen molar-refractivity contribution in [2.24, 2.45) is 0 Å². The van der Waals surface area contributed by atoms with Gasteiger partial charge in [-0.2, -0.15) is 0 Å². The maximum Gasteiger partial charge on any atom is 0.272 e. The van der Waals surface area contributed by atoms with Crippen LogP contribution in [0.25, 0.3) is 6.08 Å². The Morgan fingerprint density at radius 2 is 1.86 bits per heavy atom. The fraction of sp³-hybridized carbons (Fsp3) is 0.130. The standard InChI is InChI=1S/C23H22N2O4/c1-3-28-19-7-4-6-18(14-19)24-23(27)21(15-20-8-5-13-29-20)25-22(26)17-11-9-16(2)10-12-17/h4-15H,3H2,1-2H3,(H,24,27)(H,25,26)/b21-15-. The van der Waals surface area contributed by atoms with Gasteiger partial charge in [0.05, 0.1) is 12.9 Å². The van der Waals surface area contributed by atoms with Crippen LogP contribution in [0.4, 0.5) is 5.69 Å². The number of rotatable bonds is 7. The molecule has 1 heterocycles. The number of aryl methyl sites for hydroxylation is 1. The van der Waals surface area contributed by atoms with E-state index in [-0.39, 0.29) is 11.6 Å². The predicted octanol–water partition coefficient (Wildman–Crippen LogP) is 4.40. The molecule has 6 heteroatoms. The zero-order valence-corrected chi connectivity index (χ0v) is 16.3. The van der Waals surface area contributed by atoms with Gasteiger partial charge in [-0.05, 0) is 50.2 Å². The molecule has 3 rings (SSSR count). The van der Waals surface area contributed by atoms with Crippen molar-refractivity contribution >= 4 is 23.6 Å². The Bertz CT molecular complexity index is 1010. The summed E-state index contributed by atoms with van der Waals surface area (Å²) in [6, 6.07) is 17.5. The van der Waals surface area contributed by atoms with Crippen molar-refractivity contribution < 1.29 is 18.7 Å². The number of hydrogen-bond donors (Lipinski definition) is 2. The van der Waals surface area contributed by atoms with Crippen LogP contribution in [0.3, 0.4) is 0 Å². The van der Waals surface area contributed by atoms with Gasteiger partial charge in [0.2, 0.25) is 0 Å². The van der Waals surface area contributed by atoms with Crippen LogP contribution >= 0.6 is 0 Å². The second-order valence-electron chi connectivity index (χ2n) is 6.31. The van der Waals surface area contributed by atoms with Gasteiger partial charge in [0, 0.05) is 23.4 Å². The van der Waals surface area contributed by atoms with Crippen LogP contribution < -0.4 is 15.4 Å². The van der Waals surface area contributed by atoms with Gasteiger partial charge in [-0.25, -0.2) is 0 Å². The van der Waals surface area contributed by atoms with Gasteiger partial charge in [0.15, 0.2) is 0 Å². The van der Waals surface area contributed by atoms with Crippen molar-refractivity contribution in [2.75, 3.05) is 11.9 Å². The number of carbonyl (C=O) groups excluding carboxylic acids is 2. The van der Waals surface area contributed by atoms with E-state index in [1.807, 2.05) is 26.0 Å². The fourth-order valence-corrected chi connectivity index (χ4v) is 2.60. The highest BCUT2D eigenvalue weighted by molar-refractivity contribution is 6.10. The van der Waals surface area contributed by atoms with Crippen molar-refractivity contribution in [1.82, 2.24) is 5.32 Å². The summed E-state index contributed by atoms with van der Waals surface area (Å²) in [7, 11) is 0. The molecule has 0 radical (unpaired) electrons. The summed E-state index contributed by atoms with van der Waals surface area (Å²) in [5.41, 5.74) is 2.11. The summed E-state index contributed by atoms with van der Waals surface area (Å²) in [6.07, 6.45) is 2.97. The van der Waals surface area contributed by atoms with Crippen LogP contribution in [0.2, 0.25) is 0 Å². The topological polar surface area (TPSA) is 80.6 Å². The van der Waals surface area contributed by atoms with Crippen molar-refractivity contribution in [3.63, 3.8) is 0 Å². The Morgan fingerprint density at radius 3 is 2.55 bits per heavy atom. The lowest BCUT2D eigenvalue weighted by atomic mass is 10.1. The predicted molar refractivity (Wildman–Crippen MR) is 112 cm³/mol. The lowest BCUT2D eigenvalue weighted by Gasteiger charge is -2.12. The summed E-state index contributed by atoms with van der Waals surface area (Å²) in [5.74, 6) is 0.226. The van der Waals surface area contributed by atoms with E-state index in [1.165, 1.54) is 12.3 Å². The third-order valence-electron chi connectivity index (χ3n) is 4.04. The molecule has 6 nitrogen and oxygen atoms in total. The average Bonchev–Trinajstić information content (AvgIpc) is 3.21. The number of hydrogen-bond acceptors (Lipinski definition) is 4. The molecular weight excluding hydrogens is 368 g/mol. The molecule has 2 N–H and O–H groups in total. The first kappa shape index (κ1) is 19.9. The summed E-state index contributed by atoms with van der Waals surface area (Å²) in [6.45, 7) is 4.34. The first-order valence-electron chi connectivity index (χ1n) is 9.22. The molecule has 0 fully saturated rings. The van der Waals surface area contributed by atoms with E-state index >= 15 is 0 Å². The highest BCUT2D eigenvalue weighted by Crippen LogP contribution is 2.18. The Labute approximate surface area is 169 Å². The van der Waals surface area contributed by atoms with Gasteiger partial charge in [0.25, 0.3) is 11.8 Å². The van der Waals surface area contributed by atoms with Gasteiger partial charge in [0.1, 0.15) is 17.2 Å². The summed E-state index contributed by atoms with van der Waals surface area (Å²) < 4.78 is 10.7. The highest BCUT2D eigenvalue weighted by atomic mass is 16.5. The zero-order chi connectivity index (χ0) is 20.6. The first-order valence-corrected chi connectivity index (χ1v) is 9.22. The number of amides is 2. The molecular formula is C23H22N2O4. The second kappa shape index (κ2) is 9.41. The van der Waals surface area contributed by atoms with Crippen LogP contribution in [0.5, 0.6) is 5.75 Å². The summed E-state index contributed by atoms with van der Waals surface area (Å²) >= 11 is 0. The van der Waals surface area contributed by atoms with Crippen LogP contribution in [0.1, 0.15) is 28.6 Å². The maximum absolute atomic E-state index is 12.9. The van der Waals surface area contributed by atoms with Crippen molar-refractivity contribution in [1.29, 1.82) is 0 Å². The molecule has 0 bridgehead atoms. The number of anilines is 1. The zero-order valence-electron chi connectivity index (χ0n) is 16.3. The number of carbonyl (C=O) groups is 2. The van der Waals surface area contributed by atoms with Crippen LogP contribution in [0.15, 0.2) is 77.0 Å². The summed E-state index contributed by atoms with van der Waals surface area (Å²) in [4.78, 5) is 25.5. The second-order valence-corrected chi connectivity index (χ2v) is 6.31.